The second-order valence-electron chi connectivity index (χ2n) is 9.85. The molecule has 0 radical (unpaired) electrons. The van der Waals surface area contributed by atoms with Crippen LogP contribution < -0.4 is 10.6 Å². The Kier molecular flexibility index (Phi) is 5.85. The van der Waals surface area contributed by atoms with Gasteiger partial charge in [0.2, 0.25) is 5.91 Å². The van der Waals surface area contributed by atoms with Gasteiger partial charge in [-0.05, 0) is 86.7 Å². The van der Waals surface area contributed by atoms with Crippen LogP contribution in [0.4, 0.5) is 5.69 Å². The lowest BCUT2D eigenvalue weighted by molar-refractivity contribution is -0.155. The molecule has 2 N–H and O–H groups in total. The van der Waals surface area contributed by atoms with E-state index in [1.54, 1.807) is 0 Å². The van der Waals surface area contributed by atoms with Crippen molar-refractivity contribution in [2.24, 2.45) is 23.2 Å². The van der Waals surface area contributed by atoms with Crippen LogP contribution in [-0.4, -0.2) is 30.9 Å². The number of aryl methyl sites for hydroxylation is 2. The van der Waals surface area contributed by atoms with Gasteiger partial charge in [-0.15, -0.1) is 0 Å². The third-order valence-corrected chi connectivity index (χ3v) is 7.24. The van der Waals surface area contributed by atoms with Crippen LogP contribution in [0.5, 0.6) is 0 Å². The molecule has 0 atom stereocenters. The summed E-state index contributed by atoms with van der Waals surface area (Å²) in [5, 5.41) is 5.35. The molecule has 0 unspecified atom stereocenters. The number of rotatable bonds is 7. The van der Waals surface area contributed by atoms with Crippen LogP contribution in [0.1, 0.15) is 56.1 Å². The molecule has 30 heavy (non-hydrogen) atoms. The molecule has 6 nitrogen and oxygen atoms in total. The molecule has 4 saturated carbocycles. The number of hydrogen-bond acceptors (Lipinski definition) is 4. The molecule has 1 aromatic rings. The van der Waals surface area contributed by atoms with Gasteiger partial charge in [-0.3, -0.25) is 14.4 Å². The topological polar surface area (TPSA) is 84.5 Å². The largest absolute Gasteiger partial charge is 0.456 e. The second kappa shape index (κ2) is 8.40. The van der Waals surface area contributed by atoms with Gasteiger partial charge in [-0.1, -0.05) is 18.2 Å². The van der Waals surface area contributed by atoms with Crippen molar-refractivity contribution >= 4 is 23.5 Å². The summed E-state index contributed by atoms with van der Waals surface area (Å²) < 4.78 is 5.25. The first-order chi connectivity index (χ1) is 14.3. The van der Waals surface area contributed by atoms with Gasteiger partial charge in [0, 0.05) is 5.69 Å². The molecule has 4 aliphatic rings. The van der Waals surface area contributed by atoms with E-state index in [1.807, 2.05) is 32.0 Å². The molecule has 0 saturated heterocycles. The van der Waals surface area contributed by atoms with Crippen LogP contribution >= 0.6 is 0 Å². The van der Waals surface area contributed by atoms with Crippen LogP contribution in [0.25, 0.3) is 0 Å². The molecule has 0 heterocycles. The second-order valence-corrected chi connectivity index (χ2v) is 9.85. The van der Waals surface area contributed by atoms with Crippen molar-refractivity contribution in [1.29, 1.82) is 0 Å². The first-order valence-electron chi connectivity index (χ1n) is 11.1. The predicted octanol–water partition coefficient (Wildman–Crippen LogP) is 3.51. The highest BCUT2D eigenvalue weighted by atomic mass is 16.5. The van der Waals surface area contributed by atoms with Gasteiger partial charge in [0.25, 0.3) is 5.91 Å². The lowest BCUT2D eigenvalue weighted by Gasteiger charge is -2.56. The van der Waals surface area contributed by atoms with Crippen LogP contribution in [0, 0.1) is 37.0 Å². The van der Waals surface area contributed by atoms with Crippen molar-refractivity contribution in [3.05, 3.63) is 29.3 Å². The monoisotopic (exact) mass is 412 g/mol. The average molecular weight is 413 g/mol. The first-order valence-corrected chi connectivity index (χ1v) is 11.1. The summed E-state index contributed by atoms with van der Waals surface area (Å²) in [6.45, 7) is 3.36. The summed E-state index contributed by atoms with van der Waals surface area (Å²) in [6.07, 6.45) is 7.84. The number of carbonyl (C=O) groups excluding carboxylic acids is 3. The van der Waals surface area contributed by atoms with Crippen LogP contribution in [-0.2, 0) is 19.1 Å². The highest BCUT2D eigenvalue weighted by Crippen LogP contribution is 2.61. The molecular formula is C24H32N2O4. The minimum atomic E-state index is -0.453. The van der Waals surface area contributed by atoms with Crippen molar-refractivity contribution in [3.8, 4) is 0 Å². The number of para-hydroxylation sites is 1. The molecule has 4 fully saturated rings. The van der Waals surface area contributed by atoms with Gasteiger partial charge in [0.05, 0.1) is 13.0 Å². The maximum absolute atomic E-state index is 12.4. The van der Waals surface area contributed by atoms with Crippen molar-refractivity contribution in [2.75, 3.05) is 18.5 Å². The quantitative estimate of drug-likeness (QED) is 0.671. The van der Waals surface area contributed by atoms with E-state index in [4.69, 9.17) is 4.74 Å². The summed E-state index contributed by atoms with van der Waals surface area (Å²) in [6, 6.07) is 5.77. The number of amides is 2. The summed E-state index contributed by atoms with van der Waals surface area (Å²) >= 11 is 0. The molecule has 0 aromatic heterocycles. The van der Waals surface area contributed by atoms with Gasteiger partial charge >= 0.3 is 5.97 Å². The van der Waals surface area contributed by atoms with E-state index in [9.17, 15) is 14.4 Å². The Morgan fingerprint density at radius 1 is 0.967 bits per heavy atom. The summed E-state index contributed by atoms with van der Waals surface area (Å²) in [7, 11) is 0. The Balaban J connectivity index is 1.19. The van der Waals surface area contributed by atoms with Crippen molar-refractivity contribution in [3.63, 3.8) is 0 Å². The number of hydrogen-bond donors (Lipinski definition) is 2. The molecule has 0 spiro atoms. The third-order valence-electron chi connectivity index (χ3n) is 7.24. The maximum Gasteiger partial charge on any atom is 0.306 e. The smallest absolute Gasteiger partial charge is 0.306 e. The molecule has 4 bridgehead atoms. The van der Waals surface area contributed by atoms with Gasteiger partial charge < -0.3 is 15.4 Å². The van der Waals surface area contributed by atoms with Gasteiger partial charge in [0.1, 0.15) is 0 Å². The zero-order chi connectivity index (χ0) is 21.3. The standard InChI is InChI=1S/C24H32N2O4/c1-15-4-3-5-16(2)23(15)26-20(27)13-25-21(28)14-30-22(29)12-24-9-17-6-18(10-24)8-19(7-17)11-24/h3-5,17-19H,6-14H2,1-2H3,(H,25,28)(H,26,27). The molecule has 4 aliphatic carbocycles. The normalized spacial score (nSPS) is 28.8. The molecule has 0 aliphatic heterocycles. The van der Waals surface area contributed by atoms with E-state index in [1.165, 1.54) is 19.3 Å². The Morgan fingerprint density at radius 2 is 1.53 bits per heavy atom. The van der Waals surface area contributed by atoms with E-state index in [2.05, 4.69) is 10.6 Å². The van der Waals surface area contributed by atoms with E-state index in [0.717, 1.165) is 53.8 Å². The van der Waals surface area contributed by atoms with Gasteiger partial charge in [0.15, 0.2) is 6.61 Å². The maximum atomic E-state index is 12.4. The van der Waals surface area contributed by atoms with E-state index in [-0.39, 0.29) is 30.4 Å². The van der Waals surface area contributed by atoms with Crippen LogP contribution in [0.3, 0.4) is 0 Å². The Labute approximate surface area is 178 Å². The number of carbonyl (C=O) groups is 3. The molecule has 2 amide bonds. The molecule has 5 rings (SSSR count). The highest BCUT2D eigenvalue weighted by molar-refractivity contribution is 5.96. The van der Waals surface area contributed by atoms with E-state index in [0.29, 0.717) is 6.42 Å². The molecular weight excluding hydrogens is 380 g/mol. The first kappa shape index (κ1) is 20.9. The fourth-order valence-electron chi connectivity index (χ4n) is 6.43. The van der Waals surface area contributed by atoms with Gasteiger partial charge in [-0.2, -0.15) is 0 Å². The van der Waals surface area contributed by atoms with Crippen molar-refractivity contribution in [1.82, 2.24) is 5.32 Å². The molecule has 1 aromatic carbocycles. The predicted molar refractivity (Wildman–Crippen MR) is 114 cm³/mol. The van der Waals surface area contributed by atoms with Crippen molar-refractivity contribution in [2.45, 2.75) is 58.8 Å². The number of esters is 1. The number of ether oxygens (including phenoxy) is 1. The van der Waals surface area contributed by atoms with E-state index >= 15 is 0 Å². The number of nitrogens with one attached hydrogen (secondary N) is 2. The molecule has 162 valence electrons. The Hall–Kier alpha value is -2.37. The lowest BCUT2D eigenvalue weighted by Crippen LogP contribution is -2.47. The molecule has 6 heteroatoms. The average Bonchev–Trinajstić information content (AvgIpc) is 2.66. The highest BCUT2D eigenvalue weighted by Gasteiger charge is 2.51. The SMILES string of the molecule is Cc1cccc(C)c1NC(=O)CNC(=O)COC(=O)CC12CC3CC(CC(C3)C1)C2. The fourth-order valence-corrected chi connectivity index (χ4v) is 6.43. The zero-order valence-electron chi connectivity index (χ0n) is 18.0. The van der Waals surface area contributed by atoms with Crippen molar-refractivity contribution < 1.29 is 19.1 Å². The summed E-state index contributed by atoms with van der Waals surface area (Å²) in [5.41, 5.74) is 2.80. The summed E-state index contributed by atoms with van der Waals surface area (Å²) in [5.74, 6) is 1.30. The number of anilines is 1. The Bertz CT molecular complexity index is 792. The summed E-state index contributed by atoms with van der Waals surface area (Å²) in [4.78, 5) is 36.6. The zero-order valence-corrected chi connectivity index (χ0v) is 18.0. The third kappa shape index (κ3) is 4.68. The lowest BCUT2D eigenvalue weighted by atomic mass is 9.49. The van der Waals surface area contributed by atoms with Crippen LogP contribution in [0.15, 0.2) is 18.2 Å². The van der Waals surface area contributed by atoms with Gasteiger partial charge in [-0.25, -0.2) is 0 Å². The minimum Gasteiger partial charge on any atom is -0.456 e. The number of benzene rings is 1. The Morgan fingerprint density at radius 3 is 2.10 bits per heavy atom. The van der Waals surface area contributed by atoms with Crippen LogP contribution in [0.2, 0.25) is 0 Å². The minimum absolute atomic E-state index is 0.105. The van der Waals surface area contributed by atoms with E-state index < -0.39 is 5.91 Å². The fraction of sp³-hybridized carbons (Fsp3) is 0.625.